The van der Waals surface area contributed by atoms with Crippen molar-refractivity contribution in [3.63, 3.8) is 0 Å². The fraction of sp³-hybridized carbons (Fsp3) is 0.476. The fourth-order valence-electron chi connectivity index (χ4n) is 3.07. The van der Waals surface area contributed by atoms with Crippen molar-refractivity contribution in [3.05, 3.63) is 35.6 Å². The van der Waals surface area contributed by atoms with Crippen LogP contribution in [0.15, 0.2) is 30.1 Å². The lowest BCUT2D eigenvalue weighted by Gasteiger charge is -2.31. The van der Waals surface area contributed by atoms with E-state index in [-0.39, 0.29) is 35.6 Å². The summed E-state index contributed by atoms with van der Waals surface area (Å²) in [6.45, 7) is 4.45. The number of allylic oxidation sites excluding steroid dienone is 1. The van der Waals surface area contributed by atoms with E-state index in [2.05, 4.69) is 15.9 Å². The molecule has 1 aliphatic heterocycles. The Morgan fingerprint density at radius 1 is 1.29 bits per heavy atom. The van der Waals surface area contributed by atoms with Gasteiger partial charge < -0.3 is 24.2 Å². The van der Waals surface area contributed by atoms with Crippen LogP contribution < -0.4 is 9.47 Å². The Kier molecular flexibility index (Phi) is 7.07. The van der Waals surface area contributed by atoms with E-state index >= 15 is 0 Å². The number of piperidine rings is 1. The van der Waals surface area contributed by atoms with Crippen LogP contribution in [0, 0.1) is 12.3 Å². The van der Waals surface area contributed by atoms with Crippen molar-refractivity contribution in [2.75, 3.05) is 13.1 Å². The molecule has 0 bridgehead atoms. The molecule has 1 amide bonds. The van der Waals surface area contributed by atoms with Gasteiger partial charge in [-0.05, 0) is 26.0 Å². The Labute approximate surface area is 178 Å². The molecule has 0 aromatic carbocycles. The summed E-state index contributed by atoms with van der Waals surface area (Å²) in [4.78, 5) is 21.5. The molecule has 0 saturated carbocycles. The molecule has 1 aliphatic carbocycles. The highest BCUT2D eigenvalue weighted by Crippen LogP contribution is 2.30. The van der Waals surface area contributed by atoms with E-state index in [0.29, 0.717) is 32.0 Å². The van der Waals surface area contributed by atoms with Crippen LogP contribution >= 0.6 is 0 Å². The molecule has 1 N–H and O–H groups in total. The van der Waals surface area contributed by atoms with Crippen molar-refractivity contribution in [2.45, 2.75) is 51.2 Å². The van der Waals surface area contributed by atoms with Crippen LogP contribution in [-0.4, -0.2) is 63.6 Å². The highest BCUT2D eigenvalue weighted by Gasteiger charge is 2.28. The number of amides is 1. The number of likely N-dealkylation sites (tertiary alicyclic amines) is 1. The summed E-state index contributed by atoms with van der Waals surface area (Å²) in [7, 11) is 0. The molecule has 3 rings (SSSR count). The van der Waals surface area contributed by atoms with E-state index in [9.17, 15) is 18.7 Å². The highest BCUT2D eigenvalue weighted by atomic mass is 19.1. The first-order valence-corrected chi connectivity index (χ1v) is 9.81. The number of aromatic nitrogens is 2. The van der Waals surface area contributed by atoms with Gasteiger partial charge in [0.1, 0.15) is 24.1 Å². The molecule has 2 aliphatic rings. The van der Waals surface area contributed by atoms with Crippen molar-refractivity contribution < 1.29 is 32.9 Å². The van der Waals surface area contributed by atoms with Gasteiger partial charge in [0.25, 0.3) is 0 Å². The number of carbonyl (C=O) groups is 1. The summed E-state index contributed by atoms with van der Waals surface area (Å²) in [6.07, 6.45) is 4.99. The maximum Gasteiger partial charge on any atom is 0.410 e. The average Bonchev–Trinajstić information content (AvgIpc) is 2.72. The first-order chi connectivity index (χ1) is 14.8. The van der Waals surface area contributed by atoms with Gasteiger partial charge in [-0.25, -0.2) is 23.5 Å². The second-order valence-electron chi connectivity index (χ2n) is 7.32. The van der Waals surface area contributed by atoms with E-state index in [1.54, 1.807) is 18.7 Å². The van der Waals surface area contributed by atoms with Gasteiger partial charge in [-0.3, -0.25) is 0 Å². The third-order valence-electron chi connectivity index (χ3n) is 4.63. The maximum atomic E-state index is 14.0. The summed E-state index contributed by atoms with van der Waals surface area (Å²) in [5.41, 5.74) is 0.0411. The maximum absolute atomic E-state index is 14.0. The number of carbonyl (C=O) groups excluding carboxylic acids is 1. The molecule has 1 saturated heterocycles. The predicted molar refractivity (Wildman–Crippen MR) is 106 cm³/mol. The quantitative estimate of drug-likeness (QED) is 0.711. The largest absolute Gasteiger partial charge is 0.473 e. The van der Waals surface area contributed by atoms with Crippen LogP contribution in [0.4, 0.5) is 13.6 Å². The molecule has 1 aromatic rings. The van der Waals surface area contributed by atoms with E-state index in [1.807, 2.05) is 0 Å². The van der Waals surface area contributed by atoms with Crippen LogP contribution in [0.1, 0.15) is 32.3 Å². The predicted octanol–water partition coefficient (Wildman–Crippen LogP) is 2.67. The minimum atomic E-state index is -1.83. The van der Waals surface area contributed by atoms with Gasteiger partial charge in [0.2, 0.25) is 11.8 Å². The number of hydrogen-bond acceptors (Lipinski definition) is 7. The molecule has 31 heavy (non-hydrogen) atoms. The van der Waals surface area contributed by atoms with Crippen LogP contribution in [0.25, 0.3) is 0 Å². The van der Waals surface area contributed by atoms with E-state index < -0.39 is 23.9 Å². The van der Waals surface area contributed by atoms with Crippen LogP contribution in [0.2, 0.25) is 0 Å². The average molecular weight is 435 g/mol. The molecular formula is C21H23F2N3O5. The number of ether oxygens (including phenoxy) is 3. The summed E-state index contributed by atoms with van der Waals surface area (Å²) in [5.74, 6) is 0.854. The Morgan fingerprint density at radius 2 is 1.97 bits per heavy atom. The van der Waals surface area contributed by atoms with Gasteiger partial charge in [-0.15, -0.1) is 6.42 Å². The van der Waals surface area contributed by atoms with Gasteiger partial charge in [-0.1, -0.05) is 5.92 Å². The molecule has 2 unspecified atom stereocenters. The number of nitrogens with zero attached hydrogens (tertiary/aromatic N) is 3. The summed E-state index contributed by atoms with van der Waals surface area (Å²) >= 11 is 0. The van der Waals surface area contributed by atoms with Gasteiger partial charge in [-0.2, -0.15) is 0 Å². The van der Waals surface area contributed by atoms with Crippen LogP contribution in [0.3, 0.4) is 0 Å². The SMILES string of the molecule is C#Cc1c(OC2=CC(F)C(O)C=C2F)ncnc1OC1CCN(C(=O)OC(C)C)CC1. The zero-order chi connectivity index (χ0) is 22.5. The molecule has 1 aromatic heterocycles. The Hall–Kier alpha value is -3.19. The Bertz CT molecular complexity index is 920. The first-order valence-electron chi connectivity index (χ1n) is 9.81. The number of halogens is 2. The highest BCUT2D eigenvalue weighted by molar-refractivity contribution is 5.67. The molecule has 2 heterocycles. The third-order valence-corrected chi connectivity index (χ3v) is 4.63. The van der Waals surface area contributed by atoms with Gasteiger partial charge >= 0.3 is 6.09 Å². The van der Waals surface area contributed by atoms with Crippen LogP contribution in [-0.2, 0) is 4.74 Å². The number of alkyl halides is 1. The van der Waals surface area contributed by atoms with Crippen molar-refractivity contribution >= 4 is 6.09 Å². The normalized spacial score (nSPS) is 21.8. The number of rotatable bonds is 5. The third kappa shape index (κ3) is 5.49. The molecule has 0 radical (unpaired) electrons. The zero-order valence-electron chi connectivity index (χ0n) is 17.1. The smallest absolute Gasteiger partial charge is 0.410 e. The molecule has 10 heteroatoms. The minimum Gasteiger partial charge on any atom is -0.473 e. The molecule has 0 spiro atoms. The minimum absolute atomic E-state index is 0.0411. The molecule has 166 valence electrons. The summed E-state index contributed by atoms with van der Waals surface area (Å²) in [6, 6.07) is 0. The Morgan fingerprint density at radius 3 is 2.61 bits per heavy atom. The van der Waals surface area contributed by atoms with Crippen molar-refractivity contribution in [1.82, 2.24) is 14.9 Å². The topological polar surface area (TPSA) is 94.0 Å². The van der Waals surface area contributed by atoms with Crippen molar-refractivity contribution in [2.24, 2.45) is 0 Å². The lowest BCUT2D eigenvalue weighted by atomic mass is 10.1. The monoisotopic (exact) mass is 435 g/mol. The van der Waals surface area contributed by atoms with E-state index in [0.717, 1.165) is 12.4 Å². The number of aliphatic hydroxyl groups is 1. The number of hydrogen-bond donors (Lipinski definition) is 1. The van der Waals surface area contributed by atoms with E-state index in [1.165, 1.54) is 0 Å². The summed E-state index contributed by atoms with van der Waals surface area (Å²) in [5, 5.41) is 9.35. The summed E-state index contributed by atoms with van der Waals surface area (Å²) < 4.78 is 44.1. The van der Waals surface area contributed by atoms with Crippen LogP contribution in [0.5, 0.6) is 11.8 Å². The number of aliphatic hydroxyl groups excluding tert-OH is 1. The lowest BCUT2D eigenvalue weighted by molar-refractivity contribution is 0.0506. The first kappa shape index (κ1) is 22.5. The van der Waals surface area contributed by atoms with Crippen molar-refractivity contribution in [3.8, 4) is 24.1 Å². The second-order valence-corrected chi connectivity index (χ2v) is 7.32. The molecule has 8 nitrogen and oxygen atoms in total. The van der Waals surface area contributed by atoms with Gasteiger partial charge in [0.05, 0.1) is 6.10 Å². The van der Waals surface area contributed by atoms with Gasteiger partial charge in [0.15, 0.2) is 17.8 Å². The zero-order valence-corrected chi connectivity index (χ0v) is 17.1. The number of terminal acetylenes is 1. The Balaban J connectivity index is 1.68. The fourth-order valence-corrected chi connectivity index (χ4v) is 3.07. The molecule has 2 atom stereocenters. The molecule has 1 fully saturated rings. The van der Waals surface area contributed by atoms with E-state index in [4.69, 9.17) is 20.6 Å². The second kappa shape index (κ2) is 9.75. The van der Waals surface area contributed by atoms with Crippen molar-refractivity contribution in [1.29, 1.82) is 0 Å². The molecular weight excluding hydrogens is 412 g/mol. The van der Waals surface area contributed by atoms with Gasteiger partial charge in [0, 0.05) is 25.9 Å². The standard InChI is InChI=1S/C21H23F2N3O5/c1-4-14-19(30-13-5-7-26(8-6-13)21(28)29-12(2)3)24-11-25-20(14)31-18-10-15(22)17(27)9-16(18)23/h1,9-13,15,17,27H,5-8H2,2-3H3. The lowest BCUT2D eigenvalue weighted by Crippen LogP contribution is -2.42.